The number of alkyl halides is 3. The Kier molecular flexibility index (Phi) is 5.80. The highest BCUT2D eigenvalue weighted by atomic mass is 32.2. The Bertz CT molecular complexity index is 561. The maximum atomic E-state index is 13.1. The summed E-state index contributed by atoms with van der Waals surface area (Å²) in [6.07, 6.45) is 0. The molecule has 1 rings (SSSR count). The fourth-order valence-electron chi connectivity index (χ4n) is 1.37. The van der Waals surface area contributed by atoms with E-state index in [2.05, 4.69) is 0 Å². The topological polar surface area (TPSA) is 72.2 Å². The molecular weight excluding hydrogens is 320 g/mol. The van der Waals surface area contributed by atoms with Gasteiger partial charge in [0, 0.05) is 18.8 Å². The van der Waals surface area contributed by atoms with Crippen molar-refractivity contribution in [1.29, 1.82) is 0 Å². The summed E-state index contributed by atoms with van der Waals surface area (Å²) in [5.41, 5.74) is 1.10. The monoisotopic (exact) mass is 332 g/mol. The molecule has 0 aliphatic carbocycles. The summed E-state index contributed by atoms with van der Waals surface area (Å²) in [6.45, 7) is -0.555. The van der Waals surface area contributed by atoms with Crippen LogP contribution in [-0.2, 0) is 16.6 Å². The highest BCUT2D eigenvalue weighted by molar-refractivity contribution is 8.00. The number of nitrogens with two attached hydrogens (primary N) is 1. The van der Waals surface area contributed by atoms with Gasteiger partial charge in [0.05, 0.1) is 4.90 Å². The molecule has 20 heavy (non-hydrogen) atoms. The maximum Gasteiger partial charge on any atom is 0.441 e. The van der Waals surface area contributed by atoms with Gasteiger partial charge in [0.15, 0.2) is 0 Å². The van der Waals surface area contributed by atoms with Crippen molar-refractivity contribution in [3.63, 3.8) is 0 Å². The summed E-state index contributed by atoms with van der Waals surface area (Å²) in [7, 11) is -4.09. The molecule has 0 aromatic heterocycles. The van der Waals surface area contributed by atoms with Gasteiger partial charge >= 0.3 is 5.51 Å². The van der Waals surface area contributed by atoms with Crippen LogP contribution in [-0.4, -0.2) is 26.2 Å². The number of benzene rings is 1. The average Bonchev–Trinajstić information content (AvgIpc) is 2.33. The molecule has 0 unspecified atom stereocenters. The quantitative estimate of drug-likeness (QED) is 0.616. The molecule has 0 saturated heterocycles. The molecule has 0 spiro atoms. The highest BCUT2D eigenvalue weighted by Gasteiger charge is 2.28. The van der Waals surface area contributed by atoms with Crippen LogP contribution in [0.1, 0.15) is 5.56 Å². The predicted molar refractivity (Wildman–Crippen MR) is 68.0 cm³/mol. The van der Waals surface area contributed by atoms with Crippen LogP contribution in [0.3, 0.4) is 0 Å². The van der Waals surface area contributed by atoms with Crippen LogP contribution in [0.15, 0.2) is 23.1 Å². The summed E-state index contributed by atoms with van der Waals surface area (Å²) in [6, 6.07) is 3.05. The molecule has 3 N–H and O–H groups in total. The van der Waals surface area contributed by atoms with E-state index in [-0.39, 0.29) is 28.8 Å². The molecule has 4 nitrogen and oxygen atoms in total. The second-order valence-corrected chi connectivity index (χ2v) is 6.54. The normalized spacial score (nSPS) is 12.7. The first kappa shape index (κ1) is 17.2. The van der Waals surface area contributed by atoms with Crippen molar-refractivity contribution < 1.29 is 26.0 Å². The van der Waals surface area contributed by atoms with Crippen molar-refractivity contribution in [2.24, 2.45) is 5.73 Å². The molecule has 0 aliphatic heterocycles. The third kappa shape index (κ3) is 5.27. The van der Waals surface area contributed by atoms with Gasteiger partial charge in [-0.25, -0.2) is 17.5 Å². The predicted octanol–water partition coefficient (Wildman–Crippen LogP) is 1.82. The molecule has 10 heteroatoms. The molecule has 0 saturated carbocycles. The molecule has 0 radical (unpaired) electrons. The largest absolute Gasteiger partial charge is 0.441 e. The van der Waals surface area contributed by atoms with Crippen LogP contribution in [0.2, 0.25) is 0 Å². The van der Waals surface area contributed by atoms with Gasteiger partial charge in [-0.1, -0.05) is 6.07 Å². The summed E-state index contributed by atoms with van der Waals surface area (Å²) in [5.74, 6) is -1.25. The van der Waals surface area contributed by atoms with Gasteiger partial charge in [-0.3, -0.25) is 0 Å². The molecule has 0 heterocycles. The van der Waals surface area contributed by atoms with Gasteiger partial charge in [0.25, 0.3) is 0 Å². The van der Waals surface area contributed by atoms with Gasteiger partial charge in [-0.05, 0) is 29.5 Å². The van der Waals surface area contributed by atoms with E-state index in [9.17, 15) is 26.0 Å². The number of nitrogens with one attached hydrogen (secondary N) is 1. The van der Waals surface area contributed by atoms with E-state index >= 15 is 0 Å². The molecular formula is C10H12F4N2O2S2. The minimum absolute atomic E-state index is 0.131. The number of rotatable bonds is 6. The van der Waals surface area contributed by atoms with Crippen molar-refractivity contribution in [1.82, 2.24) is 4.72 Å². The van der Waals surface area contributed by atoms with Crippen molar-refractivity contribution in [2.45, 2.75) is 16.9 Å². The van der Waals surface area contributed by atoms with Crippen LogP contribution in [0.5, 0.6) is 0 Å². The van der Waals surface area contributed by atoms with Gasteiger partial charge in [0.1, 0.15) is 5.82 Å². The van der Waals surface area contributed by atoms with Crippen molar-refractivity contribution in [3.05, 3.63) is 29.6 Å². The fraction of sp³-hybridized carbons (Fsp3) is 0.400. The third-order valence-electron chi connectivity index (χ3n) is 2.20. The van der Waals surface area contributed by atoms with E-state index in [1.807, 2.05) is 4.72 Å². The zero-order valence-corrected chi connectivity index (χ0v) is 11.7. The first-order valence-corrected chi connectivity index (χ1v) is 7.81. The molecule has 0 fully saturated rings. The molecule has 0 atom stereocenters. The van der Waals surface area contributed by atoms with Gasteiger partial charge in [-0.15, -0.1) is 0 Å². The second-order valence-electron chi connectivity index (χ2n) is 3.65. The van der Waals surface area contributed by atoms with E-state index in [4.69, 9.17) is 5.73 Å². The van der Waals surface area contributed by atoms with Crippen LogP contribution < -0.4 is 10.5 Å². The average molecular weight is 332 g/mol. The molecule has 0 amide bonds. The minimum Gasteiger partial charge on any atom is -0.326 e. The van der Waals surface area contributed by atoms with Crippen molar-refractivity contribution in [2.75, 3.05) is 12.3 Å². The second kappa shape index (κ2) is 6.74. The van der Waals surface area contributed by atoms with Crippen LogP contribution in [0.25, 0.3) is 0 Å². The van der Waals surface area contributed by atoms with Gasteiger partial charge in [0.2, 0.25) is 10.0 Å². The summed E-state index contributed by atoms with van der Waals surface area (Å²) in [5, 5.41) is 0. The standard InChI is InChI=1S/C10H12F4N2O2S2/c11-8-2-1-7(6-15)9(5-8)20(17,18)16-3-4-19-10(12,13)14/h1-2,5,16H,3-4,6,15H2. The smallest absolute Gasteiger partial charge is 0.326 e. The Balaban J connectivity index is 2.77. The Hall–Kier alpha value is -0.840. The first-order chi connectivity index (χ1) is 9.15. The van der Waals surface area contributed by atoms with Crippen molar-refractivity contribution >= 4 is 21.8 Å². The van der Waals surface area contributed by atoms with Crippen molar-refractivity contribution in [3.8, 4) is 0 Å². The molecule has 1 aromatic carbocycles. The lowest BCUT2D eigenvalue weighted by Gasteiger charge is -2.11. The summed E-state index contributed by atoms with van der Waals surface area (Å²) < 4.78 is 74.5. The van der Waals surface area contributed by atoms with E-state index < -0.39 is 33.6 Å². The van der Waals surface area contributed by atoms with Gasteiger partial charge in [-0.2, -0.15) is 13.2 Å². The molecule has 114 valence electrons. The maximum absolute atomic E-state index is 13.1. The number of halogens is 4. The number of hydrogen-bond donors (Lipinski definition) is 2. The zero-order valence-electron chi connectivity index (χ0n) is 10.1. The SMILES string of the molecule is NCc1ccc(F)cc1S(=O)(=O)NCCSC(F)(F)F. The number of sulfonamides is 1. The van der Waals surface area contributed by atoms with E-state index in [0.717, 1.165) is 12.1 Å². The lowest BCUT2D eigenvalue weighted by Crippen LogP contribution is -2.28. The third-order valence-corrected chi connectivity index (χ3v) is 4.48. The number of thioether (sulfide) groups is 1. The summed E-state index contributed by atoms with van der Waals surface area (Å²) in [4.78, 5) is -0.364. The molecule has 1 aromatic rings. The minimum atomic E-state index is -4.42. The van der Waals surface area contributed by atoms with E-state index in [1.54, 1.807) is 0 Å². The Labute approximate surface area is 117 Å². The van der Waals surface area contributed by atoms with E-state index in [0.29, 0.717) is 0 Å². The van der Waals surface area contributed by atoms with Gasteiger partial charge < -0.3 is 5.73 Å². The Morgan fingerprint density at radius 3 is 2.50 bits per heavy atom. The first-order valence-electron chi connectivity index (χ1n) is 5.34. The zero-order chi connectivity index (χ0) is 15.4. The van der Waals surface area contributed by atoms with Crippen LogP contribution in [0.4, 0.5) is 17.6 Å². The van der Waals surface area contributed by atoms with E-state index in [1.165, 1.54) is 6.07 Å². The Morgan fingerprint density at radius 2 is 1.95 bits per heavy atom. The Morgan fingerprint density at radius 1 is 1.30 bits per heavy atom. The summed E-state index contributed by atoms with van der Waals surface area (Å²) >= 11 is -0.343. The lowest BCUT2D eigenvalue weighted by molar-refractivity contribution is -0.0327. The molecule has 0 aliphatic rings. The fourth-order valence-corrected chi connectivity index (χ4v) is 3.22. The number of hydrogen-bond acceptors (Lipinski definition) is 4. The lowest BCUT2D eigenvalue weighted by atomic mass is 10.2. The highest BCUT2D eigenvalue weighted by Crippen LogP contribution is 2.29. The molecule has 0 bridgehead atoms. The van der Waals surface area contributed by atoms with Crippen LogP contribution >= 0.6 is 11.8 Å². The van der Waals surface area contributed by atoms with Crippen LogP contribution in [0, 0.1) is 5.82 Å².